The van der Waals surface area contributed by atoms with Crippen LogP contribution in [0.1, 0.15) is 44.2 Å². The van der Waals surface area contributed by atoms with Crippen molar-refractivity contribution in [3.63, 3.8) is 0 Å². The van der Waals surface area contributed by atoms with Crippen LogP contribution >= 0.6 is 0 Å². The lowest BCUT2D eigenvalue weighted by Gasteiger charge is -2.19. The summed E-state index contributed by atoms with van der Waals surface area (Å²) in [4.78, 5) is 0. The molecule has 0 spiro atoms. The molecule has 2 rings (SSSR count). The Balaban J connectivity index is 1.82. The van der Waals surface area contributed by atoms with Gasteiger partial charge in [-0.05, 0) is 42.7 Å². The summed E-state index contributed by atoms with van der Waals surface area (Å²) >= 11 is 0. The molecule has 2 unspecified atom stereocenters. The molecule has 0 saturated heterocycles. The average molecular weight is 261 g/mol. The maximum Gasteiger partial charge on any atom is 0.0724 e. The van der Waals surface area contributed by atoms with Gasteiger partial charge >= 0.3 is 0 Å². The Hall–Kier alpha value is -0.860. The number of hydrogen-bond donors (Lipinski definition) is 1. The molecule has 0 amide bonds. The molecule has 1 aliphatic rings. The Morgan fingerprint density at radius 2 is 1.84 bits per heavy atom. The summed E-state index contributed by atoms with van der Waals surface area (Å²) in [5.41, 5.74) is 2.81. The molecule has 2 heteroatoms. The van der Waals surface area contributed by atoms with Crippen molar-refractivity contribution in [2.45, 2.75) is 58.2 Å². The topological polar surface area (TPSA) is 21.3 Å². The molecule has 1 N–H and O–H groups in total. The average Bonchev–Trinajstić information content (AvgIpc) is 2.84. The van der Waals surface area contributed by atoms with Gasteiger partial charge in [0, 0.05) is 19.7 Å². The van der Waals surface area contributed by atoms with E-state index >= 15 is 0 Å². The van der Waals surface area contributed by atoms with Crippen LogP contribution in [0.2, 0.25) is 0 Å². The minimum absolute atomic E-state index is 0.403. The van der Waals surface area contributed by atoms with Crippen molar-refractivity contribution in [3.05, 3.63) is 35.4 Å². The molecule has 1 fully saturated rings. The van der Waals surface area contributed by atoms with Gasteiger partial charge in [0.15, 0.2) is 0 Å². The monoisotopic (exact) mass is 261 g/mol. The zero-order chi connectivity index (χ0) is 13.7. The Kier molecular flexibility index (Phi) is 5.41. The molecule has 106 valence electrons. The second-order valence-electron chi connectivity index (χ2n) is 6.11. The predicted molar refractivity (Wildman–Crippen MR) is 80.3 cm³/mol. The van der Waals surface area contributed by atoms with E-state index in [1.807, 2.05) is 7.11 Å². The maximum atomic E-state index is 5.51. The lowest BCUT2D eigenvalue weighted by molar-refractivity contribution is 0.0847. The third-order valence-electron chi connectivity index (χ3n) is 3.99. The predicted octanol–water partition coefficient (Wildman–Crippen LogP) is 3.54. The van der Waals surface area contributed by atoms with Crippen LogP contribution in [0.15, 0.2) is 24.3 Å². The summed E-state index contributed by atoms with van der Waals surface area (Å²) in [7, 11) is 1.82. The van der Waals surface area contributed by atoms with Gasteiger partial charge in [-0.1, -0.05) is 38.1 Å². The Bertz CT molecular complexity index is 371. The highest BCUT2D eigenvalue weighted by atomic mass is 16.5. The van der Waals surface area contributed by atoms with E-state index in [0.29, 0.717) is 12.1 Å². The number of hydrogen-bond acceptors (Lipinski definition) is 2. The van der Waals surface area contributed by atoms with Crippen molar-refractivity contribution in [1.82, 2.24) is 5.32 Å². The minimum atomic E-state index is 0.403. The fraction of sp³-hybridized carbons (Fsp3) is 0.647. The van der Waals surface area contributed by atoms with Crippen molar-refractivity contribution < 1.29 is 4.74 Å². The molecule has 2 nitrogen and oxygen atoms in total. The third kappa shape index (κ3) is 4.32. The number of ether oxygens (including phenoxy) is 1. The van der Waals surface area contributed by atoms with E-state index in [0.717, 1.165) is 12.5 Å². The first-order chi connectivity index (χ1) is 9.19. The Morgan fingerprint density at radius 1 is 1.16 bits per heavy atom. The number of benzene rings is 1. The molecule has 2 atom stereocenters. The highest BCUT2D eigenvalue weighted by Crippen LogP contribution is 2.21. The van der Waals surface area contributed by atoms with E-state index < -0.39 is 0 Å². The minimum Gasteiger partial charge on any atom is -0.380 e. The van der Waals surface area contributed by atoms with Gasteiger partial charge < -0.3 is 10.1 Å². The molecule has 19 heavy (non-hydrogen) atoms. The molecule has 0 aliphatic heterocycles. The number of nitrogens with one attached hydrogen (secondary N) is 1. The van der Waals surface area contributed by atoms with Crippen LogP contribution in [0.25, 0.3) is 0 Å². The van der Waals surface area contributed by atoms with Gasteiger partial charge in [-0.3, -0.25) is 0 Å². The quantitative estimate of drug-likeness (QED) is 0.845. The van der Waals surface area contributed by atoms with Gasteiger partial charge in [0.05, 0.1) is 6.10 Å². The molecular formula is C17H27NO. The maximum absolute atomic E-state index is 5.51. The van der Waals surface area contributed by atoms with Gasteiger partial charge in [-0.2, -0.15) is 0 Å². The first-order valence-electron chi connectivity index (χ1n) is 7.53. The molecule has 1 aliphatic carbocycles. The Morgan fingerprint density at radius 3 is 2.47 bits per heavy atom. The lowest BCUT2D eigenvalue weighted by atomic mass is 10.0. The van der Waals surface area contributed by atoms with Crippen LogP contribution < -0.4 is 5.32 Å². The van der Waals surface area contributed by atoms with E-state index in [9.17, 15) is 0 Å². The van der Waals surface area contributed by atoms with Crippen LogP contribution in [-0.2, 0) is 17.7 Å². The van der Waals surface area contributed by atoms with Gasteiger partial charge in [0.1, 0.15) is 0 Å². The summed E-state index contributed by atoms with van der Waals surface area (Å²) in [6.07, 6.45) is 5.29. The summed E-state index contributed by atoms with van der Waals surface area (Å²) in [6, 6.07) is 9.56. The van der Waals surface area contributed by atoms with Crippen LogP contribution in [0.3, 0.4) is 0 Å². The first kappa shape index (κ1) is 14.5. The zero-order valence-electron chi connectivity index (χ0n) is 12.5. The SMILES string of the molecule is COC1CCCC1NCc1ccc(CC(C)C)cc1. The van der Waals surface area contributed by atoms with Crippen molar-refractivity contribution >= 4 is 0 Å². The highest BCUT2D eigenvalue weighted by molar-refractivity contribution is 5.22. The second-order valence-corrected chi connectivity index (χ2v) is 6.11. The Labute approximate surface area is 117 Å². The zero-order valence-corrected chi connectivity index (χ0v) is 12.5. The van der Waals surface area contributed by atoms with E-state index in [1.165, 1.54) is 36.8 Å². The van der Waals surface area contributed by atoms with E-state index in [-0.39, 0.29) is 0 Å². The smallest absolute Gasteiger partial charge is 0.0724 e. The van der Waals surface area contributed by atoms with Gasteiger partial charge in [0.2, 0.25) is 0 Å². The molecule has 0 radical (unpaired) electrons. The molecule has 1 aromatic carbocycles. The van der Waals surface area contributed by atoms with Crippen molar-refractivity contribution in [2.75, 3.05) is 7.11 Å². The van der Waals surface area contributed by atoms with Crippen LogP contribution in [0, 0.1) is 5.92 Å². The summed E-state index contributed by atoms with van der Waals surface area (Å²) in [5.74, 6) is 0.727. The largest absolute Gasteiger partial charge is 0.380 e. The second kappa shape index (κ2) is 7.06. The number of rotatable bonds is 6. The van der Waals surface area contributed by atoms with Crippen LogP contribution in [-0.4, -0.2) is 19.3 Å². The van der Waals surface area contributed by atoms with Gasteiger partial charge in [-0.15, -0.1) is 0 Å². The number of methoxy groups -OCH3 is 1. The van der Waals surface area contributed by atoms with Crippen LogP contribution in [0.5, 0.6) is 0 Å². The molecule has 0 heterocycles. The first-order valence-corrected chi connectivity index (χ1v) is 7.53. The molecule has 1 saturated carbocycles. The fourth-order valence-electron chi connectivity index (χ4n) is 2.96. The van der Waals surface area contributed by atoms with Crippen molar-refractivity contribution in [2.24, 2.45) is 5.92 Å². The molecule has 0 bridgehead atoms. The van der Waals surface area contributed by atoms with Gasteiger partial charge in [0.25, 0.3) is 0 Å². The van der Waals surface area contributed by atoms with Crippen LogP contribution in [0.4, 0.5) is 0 Å². The normalized spacial score (nSPS) is 23.2. The molecule has 0 aromatic heterocycles. The molecule has 1 aromatic rings. The van der Waals surface area contributed by atoms with E-state index in [4.69, 9.17) is 4.74 Å². The van der Waals surface area contributed by atoms with Gasteiger partial charge in [-0.25, -0.2) is 0 Å². The third-order valence-corrected chi connectivity index (χ3v) is 3.99. The summed E-state index contributed by atoms with van der Waals surface area (Å²) in [6.45, 7) is 5.48. The van der Waals surface area contributed by atoms with Crippen molar-refractivity contribution in [1.29, 1.82) is 0 Å². The lowest BCUT2D eigenvalue weighted by Crippen LogP contribution is -2.36. The standard InChI is InChI=1S/C17H27NO/c1-13(2)11-14-7-9-15(10-8-14)12-18-16-5-4-6-17(16)19-3/h7-10,13,16-18H,4-6,11-12H2,1-3H3. The summed E-state index contributed by atoms with van der Waals surface area (Å²) in [5, 5.41) is 3.63. The molecular weight excluding hydrogens is 234 g/mol. The van der Waals surface area contributed by atoms with E-state index in [1.54, 1.807) is 0 Å². The fourth-order valence-corrected chi connectivity index (χ4v) is 2.96. The highest BCUT2D eigenvalue weighted by Gasteiger charge is 2.26. The summed E-state index contributed by atoms with van der Waals surface area (Å²) < 4.78 is 5.51. The van der Waals surface area contributed by atoms with Crippen molar-refractivity contribution in [3.8, 4) is 0 Å². The van der Waals surface area contributed by atoms with E-state index in [2.05, 4.69) is 43.4 Å².